The van der Waals surface area contributed by atoms with Crippen LogP contribution in [0.3, 0.4) is 0 Å². The zero-order valence-corrected chi connectivity index (χ0v) is 20.3. The lowest BCUT2D eigenvalue weighted by atomic mass is 9.99. The van der Waals surface area contributed by atoms with E-state index in [9.17, 15) is 13.2 Å². The molecule has 2 saturated heterocycles. The molecule has 2 aromatic carbocycles. The van der Waals surface area contributed by atoms with E-state index in [1.54, 1.807) is 0 Å². The van der Waals surface area contributed by atoms with Crippen LogP contribution in [-0.4, -0.2) is 61.8 Å². The minimum Gasteiger partial charge on any atom is -0.350 e. The first-order valence-electron chi connectivity index (χ1n) is 12.0. The molecule has 2 fully saturated rings. The van der Waals surface area contributed by atoms with Gasteiger partial charge < -0.3 is 5.32 Å². The van der Waals surface area contributed by atoms with Gasteiger partial charge in [0.15, 0.2) is 9.84 Å². The lowest BCUT2D eigenvalue weighted by Gasteiger charge is -2.33. The first-order chi connectivity index (χ1) is 15.9. The highest BCUT2D eigenvalue weighted by Crippen LogP contribution is 2.23. The number of rotatable bonds is 7. The summed E-state index contributed by atoms with van der Waals surface area (Å²) in [5.74, 6) is 0.875. The van der Waals surface area contributed by atoms with Gasteiger partial charge in [0.2, 0.25) is 5.91 Å². The van der Waals surface area contributed by atoms with Crippen molar-refractivity contribution in [1.82, 2.24) is 15.1 Å². The summed E-state index contributed by atoms with van der Waals surface area (Å²) in [5.41, 5.74) is 3.25. The predicted octanol–water partition coefficient (Wildman–Crippen LogP) is 3.01. The summed E-state index contributed by atoms with van der Waals surface area (Å²) in [4.78, 5) is 17.7. The number of amides is 1. The van der Waals surface area contributed by atoms with E-state index in [0.717, 1.165) is 30.1 Å². The summed E-state index contributed by atoms with van der Waals surface area (Å²) in [6, 6.07) is 17.6. The van der Waals surface area contributed by atoms with Gasteiger partial charge in [0.1, 0.15) is 6.04 Å². The number of piperidine rings is 1. The van der Waals surface area contributed by atoms with E-state index in [1.165, 1.54) is 24.9 Å². The predicted molar refractivity (Wildman–Crippen MR) is 131 cm³/mol. The van der Waals surface area contributed by atoms with Crippen LogP contribution < -0.4 is 5.32 Å². The normalized spacial score (nSPS) is 22.5. The Kier molecular flexibility index (Phi) is 7.83. The second-order valence-electron chi connectivity index (χ2n) is 9.52. The number of likely N-dealkylation sites (tertiary alicyclic amines) is 1. The van der Waals surface area contributed by atoms with Crippen LogP contribution in [0, 0.1) is 5.92 Å². The molecule has 0 saturated carbocycles. The van der Waals surface area contributed by atoms with Crippen LogP contribution in [0.1, 0.15) is 42.5 Å². The molecule has 2 aliphatic heterocycles. The van der Waals surface area contributed by atoms with Gasteiger partial charge in [-0.25, -0.2) is 8.42 Å². The van der Waals surface area contributed by atoms with Crippen molar-refractivity contribution in [2.24, 2.45) is 5.92 Å². The zero-order chi connectivity index (χ0) is 23.3. The third kappa shape index (κ3) is 6.65. The van der Waals surface area contributed by atoms with E-state index in [0.29, 0.717) is 19.6 Å². The smallest absolute Gasteiger partial charge is 0.242 e. The number of hydrogen-bond donors (Lipinski definition) is 1. The highest BCUT2D eigenvalue weighted by molar-refractivity contribution is 7.91. The number of nitrogens with zero attached hydrogens (tertiary/aromatic N) is 2. The second-order valence-corrected chi connectivity index (χ2v) is 11.8. The average molecular weight is 470 g/mol. The van der Waals surface area contributed by atoms with Gasteiger partial charge in [-0.15, -0.1) is 0 Å². The fourth-order valence-electron chi connectivity index (χ4n) is 4.88. The first-order valence-corrected chi connectivity index (χ1v) is 13.8. The molecule has 2 aromatic rings. The van der Waals surface area contributed by atoms with Gasteiger partial charge in [-0.3, -0.25) is 14.6 Å². The summed E-state index contributed by atoms with van der Waals surface area (Å²) in [7, 11) is -3.01. The van der Waals surface area contributed by atoms with Crippen molar-refractivity contribution in [3.8, 4) is 0 Å². The molecular weight excluding hydrogens is 434 g/mol. The Morgan fingerprint density at radius 1 is 1.00 bits per heavy atom. The lowest BCUT2D eigenvalue weighted by Crippen LogP contribution is -2.47. The Labute approximate surface area is 197 Å². The van der Waals surface area contributed by atoms with E-state index in [4.69, 9.17) is 0 Å². The highest BCUT2D eigenvalue weighted by atomic mass is 32.2. The van der Waals surface area contributed by atoms with Gasteiger partial charge in [0.05, 0.1) is 11.5 Å². The molecule has 0 bridgehead atoms. The van der Waals surface area contributed by atoms with Crippen LogP contribution in [0.15, 0.2) is 54.6 Å². The van der Waals surface area contributed by atoms with Crippen LogP contribution in [0.5, 0.6) is 0 Å². The van der Waals surface area contributed by atoms with E-state index in [-0.39, 0.29) is 17.4 Å². The quantitative estimate of drug-likeness (QED) is 0.675. The van der Waals surface area contributed by atoms with Crippen LogP contribution in [0.2, 0.25) is 0 Å². The summed E-state index contributed by atoms with van der Waals surface area (Å²) < 4.78 is 23.7. The highest BCUT2D eigenvalue weighted by Gasteiger charge is 2.32. The van der Waals surface area contributed by atoms with Crippen LogP contribution >= 0.6 is 0 Å². The molecule has 2 aliphatic rings. The molecule has 7 heteroatoms. The molecule has 1 amide bonds. The molecule has 0 aliphatic carbocycles. The SMILES string of the molecule is CC1CCCN(Cc2ccc(CNC(=O)C(c3ccccc3)N3CCS(=O)(=O)CC3)cc2)C1. The van der Waals surface area contributed by atoms with E-state index in [2.05, 4.69) is 41.4 Å². The molecule has 2 unspecified atom stereocenters. The van der Waals surface area contributed by atoms with Crippen molar-refractivity contribution < 1.29 is 13.2 Å². The minimum atomic E-state index is -3.01. The Morgan fingerprint density at radius 3 is 2.33 bits per heavy atom. The molecule has 0 spiro atoms. The fraction of sp³-hybridized carbons (Fsp3) is 0.500. The van der Waals surface area contributed by atoms with Gasteiger partial charge in [0.25, 0.3) is 0 Å². The average Bonchev–Trinajstić information content (AvgIpc) is 2.81. The van der Waals surface area contributed by atoms with Crippen molar-refractivity contribution in [2.45, 2.75) is 38.9 Å². The summed E-state index contributed by atoms with van der Waals surface area (Å²) in [5, 5.41) is 3.08. The molecule has 2 heterocycles. The van der Waals surface area contributed by atoms with Crippen molar-refractivity contribution in [2.75, 3.05) is 37.7 Å². The Hall–Kier alpha value is -2.22. The fourth-order valence-corrected chi connectivity index (χ4v) is 6.11. The van der Waals surface area contributed by atoms with Crippen LogP contribution in [0.4, 0.5) is 0 Å². The summed E-state index contributed by atoms with van der Waals surface area (Å²) in [6.45, 7) is 6.83. The Morgan fingerprint density at radius 2 is 1.67 bits per heavy atom. The van der Waals surface area contributed by atoms with Crippen molar-refractivity contribution in [3.05, 3.63) is 71.3 Å². The van der Waals surface area contributed by atoms with Gasteiger partial charge >= 0.3 is 0 Å². The molecular formula is C26H35N3O3S. The standard InChI is InChI=1S/C26H35N3O3S/c1-21-6-5-13-28(19-21)20-23-11-9-22(10-12-23)18-27-26(30)25(24-7-3-2-4-8-24)29-14-16-33(31,32)17-15-29/h2-4,7-12,21,25H,5-6,13-20H2,1H3,(H,27,30). The molecule has 1 N–H and O–H groups in total. The number of hydrogen-bond acceptors (Lipinski definition) is 5. The Bertz CT molecular complexity index is 1010. The number of carbonyl (C=O) groups is 1. The van der Waals surface area contributed by atoms with E-state index >= 15 is 0 Å². The van der Waals surface area contributed by atoms with Crippen molar-refractivity contribution in [3.63, 3.8) is 0 Å². The number of benzene rings is 2. The molecule has 178 valence electrons. The summed E-state index contributed by atoms with van der Waals surface area (Å²) >= 11 is 0. The minimum absolute atomic E-state index is 0.0909. The maximum atomic E-state index is 13.2. The maximum Gasteiger partial charge on any atom is 0.242 e. The second kappa shape index (κ2) is 10.8. The van der Waals surface area contributed by atoms with E-state index in [1.807, 2.05) is 35.2 Å². The van der Waals surface area contributed by atoms with Crippen molar-refractivity contribution >= 4 is 15.7 Å². The number of carbonyl (C=O) groups excluding carboxylic acids is 1. The molecule has 6 nitrogen and oxygen atoms in total. The molecule has 2 atom stereocenters. The number of nitrogens with one attached hydrogen (secondary N) is 1. The molecule has 0 radical (unpaired) electrons. The van der Waals surface area contributed by atoms with Gasteiger partial charge in [-0.2, -0.15) is 0 Å². The third-order valence-electron chi connectivity index (χ3n) is 6.74. The van der Waals surface area contributed by atoms with Crippen LogP contribution in [-0.2, 0) is 27.7 Å². The lowest BCUT2D eigenvalue weighted by molar-refractivity contribution is -0.126. The molecule has 4 rings (SSSR count). The molecule has 33 heavy (non-hydrogen) atoms. The monoisotopic (exact) mass is 469 g/mol. The van der Waals surface area contributed by atoms with E-state index < -0.39 is 15.9 Å². The first kappa shape index (κ1) is 23.9. The topological polar surface area (TPSA) is 69.7 Å². The number of sulfone groups is 1. The molecule has 0 aromatic heterocycles. The zero-order valence-electron chi connectivity index (χ0n) is 19.4. The van der Waals surface area contributed by atoms with Gasteiger partial charge in [-0.1, -0.05) is 61.5 Å². The maximum absolute atomic E-state index is 13.2. The Balaban J connectivity index is 1.37. The third-order valence-corrected chi connectivity index (χ3v) is 8.35. The largest absolute Gasteiger partial charge is 0.350 e. The summed E-state index contributed by atoms with van der Waals surface area (Å²) in [6.07, 6.45) is 2.60. The van der Waals surface area contributed by atoms with Crippen LogP contribution in [0.25, 0.3) is 0 Å². The van der Waals surface area contributed by atoms with Gasteiger partial charge in [0, 0.05) is 32.7 Å². The van der Waals surface area contributed by atoms with Gasteiger partial charge in [-0.05, 0) is 42.0 Å². The van der Waals surface area contributed by atoms with Crippen molar-refractivity contribution in [1.29, 1.82) is 0 Å².